The molecule has 0 aliphatic rings. The van der Waals surface area contributed by atoms with E-state index in [0.717, 1.165) is 6.42 Å². The molecule has 6 nitrogen and oxygen atoms in total. The van der Waals surface area contributed by atoms with Crippen molar-refractivity contribution in [1.82, 2.24) is 15.1 Å². The van der Waals surface area contributed by atoms with Crippen molar-refractivity contribution in [3.05, 3.63) is 23.0 Å². The van der Waals surface area contributed by atoms with Gasteiger partial charge in [-0.05, 0) is 18.6 Å². The Morgan fingerprint density at radius 3 is 2.61 bits per heavy atom. The van der Waals surface area contributed by atoms with Crippen molar-refractivity contribution in [2.75, 3.05) is 20.2 Å². The van der Waals surface area contributed by atoms with Gasteiger partial charge in [0.05, 0.1) is 7.11 Å². The van der Waals surface area contributed by atoms with E-state index in [1.165, 1.54) is 24.1 Å². The maximum Gasteiger partial charge on any atom is 0.325 e. The van der Waals surface area contributed by atoms with E-state index in [-0.39, 0.29) is 23.3 Å². The Morgan fingerprint density at radius 2 is 2.11 bits per heavy atom. The molecule has 0 saturated carbocycles. The molecule has 1 aromatic rings. The number of amides is 1. The van der Waals surface area contributed by atoms with E-state index in [2.05, 4.69) is 14.9 Å². The maximum absolute atomic E-state index is 12.1. The molecule has 7 heteroatoms. The number of carbonyl (C=O) groups excluding carboxylic acids is 2. The smallest absolute Gasteiger partial charge is 0.325 e. The molecule has 0 spiro atoms. The first-order valence-electron chi connectivity index (χ1n) is 5.43. The van der Waals surface area contributed by atoms with E-state index in [4.69, 9.17) is 11.6 Å². The number of carbonyl (C=O) groups is 2. The second kappa shape index (κ2) is 6.90. The highest BCUT2D eigenvalue weighted by molar-refractivity contribution is 6.29. The minimum Gasteiger partial charge on any atom is -0.468 e. The standard InChI is InChI=1S/C11H14ClN3O3/c1-3-6-15(7-10(16)18-2)11(17)8-4-5-9(12)14-13-8/h4-5H,3,6-7H2,1-2H3. The lowest BCUT2D eigenvalue weighted by atomic mass is 10.3. The summed E-state index contributed by atoms with van der Waals surface area (Å²) < 4.78 is 4.54. The number of ether oxygens (including phenoxy) is 1. The maximum atomic E-state index is 12.1. The molecule has 0 N–H and O–H groups in total. The monoisotopic (exact) mass is 271 g/mol. The fourth-order valence-electron chi connectivity index (χ4n) is 1.33. The topological polar surface area (TPSA) is 72.4 Å². The average molecular weight is 272 g/mol. The lowest BCUT2D eigenvalue weighted by molar-refractivity contribution is -0.141. The fourth-order valence-corrected chi connectivity index (χ4v) is 1.44. The first kappa shape index (κ1) is 14.4. The zero-order valence-electron chi connectivity index (χ0n) is 10.2. The molecule has 0 bridgehead atoms. The van der Waals surface area contributed by atoms with Crippen LogP contribution >= 0.6 is 11.6 Å². The molecule has 0 aliphatic carbocycles. The molecular weight excluding hydrogens is 258 g/mol. The second-order valence-electron chi connectivity index (χ2n) is 3.54. The number of hydrogen-bond donors (Lipinski definition) is 0. The predicted octanol–water partition coefficient (Wildman–Crippen LogP) is 1.16. The number of halogens is 1. The van der Waals surface area contributed by atoms with Gasteiger partial charge in [-0.2, -0.15) is 0 Å². The number of rotatable bonds is 5. The first-order chi connectivity index (χ1) is 8.58. The molecule has 0 aromatic carbocycles. The van der Waals surface area contributed by atoms with Crippen LogP contribution in [0.3, 0.4) is 0 Å². The van der Waals surface area contributed by atoms with Crippen molar-refractivity contribution in [2.24, 2.45) is 0 Å². The summed E-state index contributed by atoms with van der Waals surface area (Å²) in [5, 5.41) is 7.49. The number of methoxy groups -OCH3 is 1. The molecule has 0 aliphatic heterocycles. The van der Waals surface area contributed by atoms with E-state index in [1.807, 2.05) is 6.92 Å². The summed E-state index contributed by atoms with van der Waals surface area (Å²) in [5.41, 5.74) is 0.150. The molecule has 18 heavy (non-hydrogen) atoms. The molecule has 1 rings (SSSR count). The molecule has 0 saturated heterocycles. The van der Waals surface area contributed by atoms with Gasteiger partial charge in [-0.1, -0.05) is 18.5 Å². The predicted molar refractivity (Wildman–Crippen MR) is 65.3 cm³/mol. The number of esters is 1. The average Bonchev–Trinajstić information content (AvgIpc) is 2.38. The van der Waals surface area contributed by atoms with Gasteiger partial charge in [0.2, 0.25) is 0 Å². The van der Waals surface area contributed by atoms with Crippen molar-refractivity contribution in [3.63, 3.8) is 0 Å². The third-order valence-corrected chi connectivity index (χ3v) is 2.38. The van der Waals surface area contributed by atoms with E-state index in [1.54, 1.807) is 0 Å². The minimum absolute atomic E-state index is 0.104. The Labute approximate surface area is 110 Å². The second-order valence-corrected chi connectivity index (χ2v) is 3.93. The van der Waals surface area contributed by atoms with Crippen LogP contribution < -0.4 is 0 Å². The lowest BCUT2D eigenvalue weighted by Crippen LogP contribution is -2.37. The van der Waals surface area contributed by atoms with Crippen molar-refractivity contribution in [3.8, 4) is 0 Å². The van der Waals surface area contributed by atoms with E-state index in [0.29, 0.717) is 6.54 Å². The number of nitrogens with zero attached hydrogens (tertiary/aromatic N) is 3. The van der Waals surface area contributed by atoms with Gasteiger partial charge in [-0.25, -0.2) is 0 Å². The summed E-state index contributed by atoms with van der Waals surface area (Å²) >= 11 is 5.59. The molecule has 98 valence electrons. The van der Waals surface area contributed by atoms with Crippen LogP contribution in [0.1, 0.15) is 23.8 Å². The van der Waals surface area contributed by atoms with Crippen LogP contribution in [0.25, 0.3) is 0 Å². The highest BCUT2D eigenvalue weighted by Crippen LogP contribution is 2.06. The molecule has 0 atom stereocenters. The van der Waals surface area contributed by atoms with E-state index < -0.39 is 5.97 Å². The summed E-state index contributed by atoms with van der Waals surface area (Å²) in [5.74, 6) is -0.842. The molecule has 0 radical (unpaired) electrons. The quantitative estimate of drug-likeness (QED) is 0.752. The first-order valence-corrected chi connectivity index (χ1v) is 5.81. The molecule has 1 heterocycles. The van der Waals surface area contributed by atoms with Gasteiger partial charge in [-0.15, -0.1) is 10.2 Å². The van der Waals surface area contributed by atoms with Crippen molar-refractivity contribution in [2.45, 2.75) is 13.3 Å². The highest BCUT2D eigenvalue weighted by Gasteiger charge is 2.19. The molecule has 1 aromatic heterocycles. The Balaban J connectivity index is 2.81. The third kappa shape index (κ3) is 3.96. The van der Waals surface area contributed by atoms with Crippen molar-refractivity contribution < 1.29 is 14.3 Å². The molecule has 0 fully saturated rings. The molecule has 1 amide bonds. The largest absolute Gasteiger partial charge is 0.468 e. The highest BCUT2D eigenvalue weighted by atomic mass is 35.5. The van der Waals surface area contributed by atoms with Gasteiger partial charge < -0.3 is 9.64 Å². The summed E-state index contributed by atoms with van der Waals surface area (Å²) in [4.78, 5) is 24.6. The summed E-state index contributed by atoms with van der Waals surface area (Å²) in [6.45, 7) is 2.25. The Hall–Kier alpha value is -1.69. The summed E-state index contributed by atoms with van der Waals surface area (Å²) in [6, 6.07) is 2.95. The van der Waals surface area contributed by atoms with Gasteiger partial charge >= 0.3 is 5.97 Å². The Bertz CT molecular complexity index is 422. The van der Waals surface area contributed by atoms with Crippen molar-refractivity contribution >= 4 is 23.5 Å². The van der Waals surface area contributed by atoms with Crippen LogP contribution in [0.4, 0.5) is 0 Å². The lowest BCUT2D eigenvalue weighted by Gasteiger charge is -2.19. The van der Waals surface area contributed by atoms with Crippen LogP contribution in [-0.4, -0.2) is 47.2 Å². The molecule has 0 unspecified atom stereocenters. The van der Waals surface area contributed by atoms with Gasteiger partial charge in [0.1, 0.15) is 6.54 Å². The van der Waals surface area contributed by atoms with Crippen LogP contribution in [-0.2, 0) is 9.53 Å². The Kier molecular flexibility index (Phi) is 5.51. The number of aromatic nitrogens is 2. The summed E-state index contributed by atoms with van der Waals surface area (Å²) in [7, 11) is 1.28. The van der Waals surface area contributed by atoms with Crippen LogP contribution in [0.15, 0.2) is 12.1 Å². The van der Waals surface area contributed by atoms with Gasteiger partial charge in [0.15, 0.2) is 10.8 Å². The van der Waals surface area contributed by atoms with E-state index in [9.17, 15) is 9.59 Å². The van der Waals surface area contributed by atoms with Gasteiger partial charge in [0, 0.05) is 6.54 Å². The van der Waals surface area contributed by atoms with Crippen LogP contribution in [0.2, 0.25) is 5.15 Å². The normalized spacial score (nSPS) is 9.94. The summed E-state index contributed by atoms with van der Waals surface area (Å²) in [6.07, 6.45) is 0.726. The Morgan fingerprint density at radius 1 is 1.39 bits per heavy atom. The number of hydrogen-bond acceptors (Lipinski definition) is 5. The van der Waals surface area contributed by atoms with Crippen LogP contribution in [0.5, 0.6) is 0 Å². The fraction of sp³-hybridized carbons (Fsp3) is 0.455. The third-order valence-electron chi connectivity index (χ3n) is 2.18. The minimum atomic E-state index is -0.473. The van der Waals surface area contributed by atoms with E-state index >= 15 is 0 Å². The SMILES string of the molecule is CCCN(CC(=O)OC)C(=O)c1ccc(Cl)nn1. The molecular formula is C11H14ClN3O3. The van der Waals surface area contributed by atoms with Gasteiger partial charge in [0.25, 0.3) is 5.91 Å². The van der Waals surface area contributed by atoms with Gasteiger partial charge in [-0.3, -0.25) is 9.59 Å². The van der Waals surface area contributed by atoms with Crippen LogP contribution in [0, 0.1) is 0 Å². The zero-order chi connectivity index (χ0) is 13.5. The zero-order valence-corrected chi connectivity index (χ0v) is 11.0. The van der Waals surface area contributed by atoms with Crippen molar-refractivity contribution in [1.29, 1.82) is 0 Å².